The molecule has 3 heterocycles. The Morgan fingerprint density at radius 2 is 2.33 bits per heavy atom. The van der Waals surface area contributed by atoms with Crippen LogP contribution in [0.25, 0.3) is 0 Å². The second kappa shape index (κ2) is 6.19. The molecule has 112 valence electrons. The number of nitrogens with zero attached hydrogens (tertiary/aromatic N) is 4. The van der Waals surface area contributed by atoms with Crippen molar-refractivity contribution in [2.24, 2.45) is 0 Å². The molecule has 7 nitrogen and oxygen atoms in total. The molecule has 0 saturated carbocycles. The fraction of sp³-hybridized carbons (Fsp3) is 0.500. The van der Waals surface area contributed by atoms with E-state index in [1.54, 1.807) is 6.92 Å². The number of anilines is 1. The van der Waals surface area contributed by atoms with E-state index < -0.39 is 0 Å². The van der Waals surface area contributed by atoms with Gasteiger partial charge in [-0.15, -0.1) is 0 Å². The Labute approximate surface area is 123 Å². The first-order chi connectivity index (χ1) is 10.2. The van der Waals surface area contributed by atoms with Crippen LogP contribution >= 0.6 is 0 Å². The van der Waals surface area contributed by atoms with Gasteiger partial charge in [0, 0.05) is 27.1 Å². The zero-order chi connectivity index (χ0) is 14.7. The predicted molar refractivity (Wildman–Crippen MR) is 76.8 cm³/mol. The first-order valence-electron chi connectivity index (χ1n) is 7.01. The van der Waals surface area contributed by atoms with Crippen molar-refractivity contribution in [3.63, 3.8) is 0 Å². The van der Waals surface area contributed by atoms with E-state index in [4.69, 9.17) is 9.26 Å². The standard InChI is InChI=1S/C14H19N5O2/c1-10-17-14(18-21-10)9-19-5-6-20-13(8-19)12-4-3-11(15-2)7-16-12/h3-4,7,13,15H,5-6,8-9H2,1-2H3/t13-/m0/s1. The largest absolute Gasteiger partial charge is 0.387 e. The van der Waals surface area contributed by atoms with Crippen molar-refractivity contribution in [2.75, 3.05) is 32.1 Å². The van der Waals surface area contributed by atoms with Crippen LogP contribution in [0.2, 0.25) is 0 Å². The number of nitrogens with one attached hydrogen (secondary N) is 1. The zero-order valence-corrected chi connectivity index (χ0v) is 12.2. The summed E-state index contributed by atoms with van der Waals surface area (Å²) in [6.07, 6.45) is 1.80. The molecule has 0 aliphatic carbocycles. The Bertz CT molecular complexity index is 583. The van der Waals surface area contributed by atoms with E-state index in [2.05, 4.69) is 25.3 Å². The molecule has 1 aliphatic heterocycles. The van der Waals surface area contributed by atoms with Crippen LogP contribution in [-0.4, -0.2) is 46.8 Å². The smallest absolute Gasteiger partial charge is 0.223 e. The van der Waals surface area contributed by atoms with Gasteiger partial charge in [0.2, 0.25) is 5.89 Å². The molecule has 3 rings (SSSR count). The van der Waals surface area contributed by atoms with Gasteiger partial charge in [-0.05, 0) is 12.1 Å². The highest BCUT2D eigenvalue weighted by atomic mass is 16.5. The fourth-order valence-corrected chi connectivity index (χ4v) is 2.37. The molecule has 1 N–H and O–H groups in total. The van der Waals surface area contributed by atoms with Crippen LogP contribution in [0.5, 0.6) is 0 Å². The van der Waals surface area contributed by atoms with Crippen molar-refractivity contribution in [1.82, 2.24) is 20.0 Å². The Morgan fingerprint density at radius 3 is 3.00 bits per heavy atom. The van der Waals surface area contributed by atoms with Crippen LogP contribution in [0.4, 0.5) is 5.69 Å². The van der Waals surface area contributed by atoms with Gasteiger partial charge in [-0.2, -0.15) is 4.98 Å². The summed E-state index contributed by atoms with van der Waals surface area (Å²) in [4.78, 5) is 11.0. The lowest BCUT2D eigenvalue weighted by molar-refractivity contribution is -0.0358. The Balaban J connectivity index is 1.64. The highest BCUT2D eigenvalue weighted by Crippen LogP contribution is 2.22. The average Bonchev–Trinajstić information content (AvgIpc) is 2.93. The normalized spacial score (nSPS) is 19.6. The van der Waals surface area contributed by atoms with E-state index in [9.17, 15) is 0 Å². The van der Waals surface area contributed by atoms with Gasteiger partial charge in [-0.1, -0.05) is 5.16 Å². The van der Waals surface area contributed by atoms with Gasteiger partial charge in [0.05, 0.1) is 30.7 Å². The number of aromatic nitrogens is 3. The Kier molecular flexibility index (Phi) is 4.12. The van der Waals surface area contributed by atoms with Gasteiger partial charge in [0.25, 0.3) is 0 Å². The van der Waals surface area contributed by atoms with E-state index in [1.807, 2.05) is 25.4 Å². The van der Waals surface area contributed by atoms with Gasteiger partial charge in [-0.3, -0.25) is 9.88 Å². The Morgan fingerprint density at radius 1 is 1.43 bits per heavy atom. The molecule has 0 amide bonds. The highest BCUT2D eigenvalue weighted by Gasteiger charge is 2.24. The topological polar surface area (TPSA) is 76.3 Å². The quantitative estimate of drug-likeness (QED) is 0.911. The summed E-state index contributed by atoms with van der Waals surface area (Å²) in [6.45, 7) is 4.78. The third kappa shape index (κ3) is 3.37. The molecule has 2 aromatic rings. The minimum absolute atomic E-state index is 0.0161. The van der Waals surface area contributed by atoms with Crippen LogP contribution in [0, 0.1) is 6.92 Å². The maximum Gasteiger partial charge on any atom is 0.223 e. The lowest BCUT2D eigenvalue weighted by atomic mass is 10.2. The number of morpholine rings is 1. The molecule has 0 aromatic carbocycles. The average molecular weight is 289 g/mol. The number of ether oxygens (including phenoxy) is 1. The van der Waals surface area contributed by atoms with Crippen molar-refractivity contribution in [3.05, 3.63) is 35.7 Å². The zero-order valence-electron chi connectivity index (χ0n) is 12.2. The molecule has 0 bridgehead atoms. The molecule has 1 saturated heterocycles. The van der Waals surface area contributed by atoms with Crippen molar-refractivity contribution >= 4 is 5.69 Å². The van der Waals surface area contributed by atoms with Crippen molar-refractivity contribution in [1.29, 1.82) is 0 Å². The van der Waals surface area contributed by atoms with Crippen LogP contribution in [0.15, 0.2) is 22.9 Å². The van der Waals surface area contributed by atoms with Crippen molar-refractivity contribution in [3.8, 4) is 0 Å². The molecular weight excluding hydrogens is 270 g/mol. The second-order valence-corrected chi connectivity index (χ2v) is 5.05. The van der Waals surface area contributed by atoms with E-state index in [1.165, 1.54) is 0 Å². The third-order valence-corrected chi connectivity index (χ3v) is 3.49. The monoisotopic (exact) mass is 289 g/mol. The molecule has 2 aromatic heterocycles. The molecule has 7 heteroatoms. The van der Waals surface area contributed by atoms with E-state index >= 15 is 0 Å². The first-order valence-corrected chi connectivity index (χ1v) is 7.01. The molecule has 21 heavy (non-hydrogen) atoms. The molecule has 1 atom stereocenters. The molecule has 0 spiro atoms. The van der Waals surface area contributed by atoms with Gasteiger partial charge in [0.1, 0.15) is 6.10 Å². The van der Waals surface area contributed by atoms with Gasteiger partial charge in [0.15, 0.2) is 5.82 Å². The predicted octanol–water partition coefficient (Wildman–Crippen LogP) is 1.39. The molecule has 0 unspecified atom stereocenters. The Hall–Kier alpha value is -1.99. The third-order valence-electron chi connectivity index (χ3n) is 3.49. The summed E-state index contributed by atoms with van der Waals surface area (Å²) in [7, 11) is 1.88. The fourth-order valence-electron chi connectivity index (χ4n) is 2.37. The van der Waals surface area contributed by atoms with Crippen LogP contribution in [0.1, 0.15) is 23.5 Å². The minimum atomic E-state index is -0.0161. The number of pyridine rings is 1. The molecule has 0 radical (unpaired) electrons. The minimum Gasteiger partial charge on any atom is -0.387 e. The lowest BCUT2D eigenvalue weighted by Crippen LogP contribution is -2.38. The maximum atomic E-state index is 5.82. The summed E-state index contributed by atoms with van der Waals surface area (Å²) >= 11 is 0. The second-order valence-electron chi connectivity index (χ2n) is 5.05. The summed E-state index contributed by atoms with van der Waals surface area (Å²) in [5.41, 5.74) is 1.94. The van der Waals surface area contributed by atoms with Gasteiger partial charge >= 0.3 is 0 Å². The van der Waals surface area contributed by atoms with Gasteiger partial charge in [-0.25, -0.2) is 0 Å². The highest BCUT2D eigenvalue weighted by molar-refractivity contribution is 5.40. The first kappa shape index (κ1) is 14.0. The van der Waals surface area contributed by atoms with Gasteiger partial charge < -0.3 is 14.6 Å². The summed E-state index contributed by atoms with van der Waals surface area (Å²) in [6, 6.07) is 4.01. The number of hydrogen-bond donors (Lipinski definition) is 1. The molecule has 1 fully saturated rings. The number of aryl methyl sites for hydroxylation is 1. The van der Waals surface area contributed by atoms with E-state index in [-0.39, 0.29) is 6.10 Å². The number of hydrogen-bond acceptors (Lipinski definition) is 7. The molecular formula is C14H19N5O2. The number of rotatable bonds is 4. The summed E-state index contributed by atoms with van der Waals surface area (Å²) in [5, 5.41) is 7.00. The SMILES string of the molecule is CNc1ccc([C@@H]2CN(Cc3noc(C)n3)CCO2)nc1. The summed E-state index contributed by atoms with van der Waals surface area (Å²) in [5.74, 6) is 1.31. The molecule has 1 aliphatic rings. The lowest BCUT2D eigenvalue weighted by Gasteiger charge is -2.31. The van der Waals surface area contributed by atoms with Crippen molar-refractivity contribution in [2.45, 2.75) is 19.6 Å². The van der Waals surface area contributed by atoms with E-state index in [0.717, 1.165) is 24.5 Å². The van der Waals surface area contributed by atoms with Crippen molar-refractivity contribution < 1.29 is 9.26 Å². The van der Waals surface area contributed by atoms with Crippen LogP contribution in [0.3, 0.4) is 0 Å². The van der Waals surface area contributed by atoms with Crippen LogP contribution in [-0.2, 0) is 11.3 Å². The van der Waals surface area contributed by atoms with Crippen LogP contribution < -0.4 is 5.32 Å². The summed E-state index contributed by atoms with van der Waals surface area (Å²) < 4.78 is 10.8. The van der Waals surface area contributed by atoms with E-state index in [0.29, 0.717) is 24.9 Å². The maximum absolute atomic E-state index is 5.82.